The maximum absolute atomic E-state index is 12.7. The minimum absolute atomic E-state index is 0.0271. The lowest BCUT2D eigenvalue weighted by Crippen LogP contribution is -2.54. The molecule has 0 bridgehead atoms. The number of hydrogen-bond donors (Lipinski definition) is 4. The van der Waals surface area contributed by atoms with E-state index in [-0.39, 0.29) is 19.3 Å². The van der Waals surface area contributed by atoms with Gasteiger partial charge in [-0.3, -0.25) is 4.79 Å². The lowest BCUT2D eigenvalue weighted by atomic mass is 10.00. The van der Waals surface area contributed by atoms with Gasteiger partial charge in [-0.2, -0.15) is 0 Å². The molecule has 0 spiro atoms. The molecular formula is C34H49ClO10. The number of aliphatic hydroxyl groups is 4. The summed E-state index contributed by atoms with van der Waals surface area (Å²) in [6, 6.07) is 0. The summed E-state index contributed by atoms with van der Waals surface area (Å²) in [5.41, 5.74) is 0. The van der Waals surface area contributed by atoms with Crippen LogP contribution in [-0.2, 0) is 28.5 Å². The Balaban J connectivity index is 1.73. The standard InChI is InChI=1S/C34H49ClO10/c1-4-5-6-7-8-9-10-11-12-13-14-15-27-34(25(36)18-16-24(35)17-19-29(38)43-27)45-31-21-28(33(40)23(3)42-31)44-30-20-26(37)32(39)22(2)41-30/h5-6,8-16,18,22-28,30-34,36-37,39-40H,4,7,17,19-21H2,1-3H3/b6-5-,9-8-,11-10+,13-12+,15-14-,18-16+/t22?,23?,24?,25?,26?,27-,28?,30-,31-,32-,33-,34?/m0/s1. The average Bonchev–Trinajstić information content (AvgIpc) is 3.00. The van der Waals surface area contributed by atoms with Crippen molar-refractivity contribution in [3.05, 3.63) is 72.9 Å². The van der Waals surface area contributed by atoms with Gasteiger partial charge < -0.3 is 44.1 Å². The summed E-state index contributed by atoms with van der Waals surface area (Å²) in [5.74, 6) is -0.489. The zero-order chi connectivity index (χ0) is 32.8. The van der Waals surface area contributed by atoms with E-state index in [1.807, 2.05) is 30.4 Å². The zero-order valence-electron chi connectivity index (χ0n) is 26.2. The van der Waals surface area contributed by atoms with Crippen LogP contribution in [0.4, 0.5) is 0 Å². The Morgan fingerprint density at radius 1 is 0.867 bits per heavy atom. The molecule has 252 valence electrons. The van der Waals surface area contributed by atoms with Crippen LogP contribution in [-0.4, -0.2) is 99.3 Å². The van der Waals surface area contributed by atoms with Gasteiger partial charge in [-0.1, -0.05) is 73.8 Å². The first-order valence-corrected chi connectivity index (χ1v) is 16.2. The number of cyclic esters (lactones) is 1. The van der Waals surface area contributed by atoms with Gasteiger partial charge in [0.05, 0.1) is 29.8 Å². The summed E-state index contributed by atoms with van der Waals surface area (Å²) in [6.07, 6.45) is 14.1. The fourth-order valence-electron chi connectivity index (χ4n) is 5.12. The second-order valence-corrected chi connectivity index (χ2v) is 12.0. The van der Waals surface area contributed by atoms with E-state index in [1.165, 1.54) is 6.08 Å². The molecule has 0 aromatic rings. The maximum atomic E-state index is 12.7. The zero-order valence-corrected chi connectivity index (χ0v) is 27.0. The van der Waals surface area contributed by atoms with E-state index in [9.17, 15) is 25.2 Å². The monoisotopic (exact) mass is 652 g/mol. The fourth-order valence-corrected chi connectivity index (χ4v) is 5.31. The van der Waals surface area contributed by atoms with E-state index in [0.29, 0.717) is 6.42 Å². The third kappa shape index (κ3) is 12.5. The van der Waals surface area contributed by atoms with Crippen LogP contribution in [0.2, 0.25) is 0 Å². The van der Waals surface area contributed by atoms with Crippen LogP contribution in [0, 0.1) is 0 Å². The van der Waals surface area contributed by atoms with Crippen LogP contribution < -0.4 is 0 Å². The Hall–Kier alpha value is -2.12. The third-order valence-corrected chi connectivity index (χ3v) is 8.06. The second-order valence-electron chi connectivity index (χ2n) is 11.4. The predicted molar refractivity (Wildman–Crippen MR) is 170 cm³/mol. The highest BCUT2D eigenvalue weighted by molar-refractivity contribution is 6.21. The Bertz CT molecular complexity index is 1060. The van der Waals surface area contributed by atoms with Crippen molar-refractivity contribution in [3.63, 3.8) is 0 Å². The summed E-state index contributed by atoms with van der Waals surface area (Å²) in [4.78, 5) is 12.7. The summed E-state index contributed by atoms with van der Waals surface area (Å²) < 4.78 is 29.6. The number of ether oxygens (including phenoxy) is 5. The van der Waals surface area contributed by atoms with E-state index in [1.54, 1.807) is 38.2 Å². The van der Waals surface area contributed by atoms with Gasteiger partial charge in [0.1, 0.15) is 30.5 Å². The van der Waals surface area contributed by atoms with Crippen molar-refractivity contribution in [2.75, 3.05) is 0 Å². The first kappa shape index (κ1) is 37.3. The molecule has 12 atom stereocenters. The molecule has 11 heteroatoms. The minimum Gasteiger partial charge on any atom is -0.455 e. The molecule has 7 unspecified atom stereocenters. The van der Waals surface area contributed by atoms with Gasteiger partial charge in [-0.15, -0.1) is 11.6 Å². The Labute approximate surface area is 271 Å². The summed E-state index contributed by atoms with van der Waals surface area (Å²) in [7, 11) is 0. The molecule has 2 saturated heterocycles. The molecule has 0 saturated carbocycles. The highest BCUT2D eigenvalue weighted by Gasteiger charge is 2.43. The third-order valence-electron chi connectivity index (χ3n) is 7.70. The topological polar surface area (TPSA) is 144 Å². The van der Waals surface area contributed by atoms with Gasteiger partial charge in [0, 0.05) is 19.3 Å². The maximum Gasteiger partial charge on any atom is 0.306 e. The van der Waals surface area contributed by atoms with E-state index in [0.717, 1.165) is 12.8 Å². The number of carbonyl (C=O) groups is 1. The number of carbonyl (C=O) groups excluding carboxylic acids is 1. The van der Waals surface area contributed by atoms with Crippen molar-refractivity contribution >= 4 is 17.6 Å². The van der Waals surface area contributed by atoms with Crippen LogP contribution in [0.1, 0.15) is 59.3 Å². The highest BCUT2D eigenvalue weighted by atomic mass is 35.5. The number of rotatable bonds is 11. The molecule has 0 aromatic carbocycles. The summed E-state index contributed by atoms with van der Waals surface area (Å²) in [5, 5.41) is 41.7. The molecule has 3 aliphatic heterocycles. The lowest BCUT2D eigenvalue weighted by Gasteiger charge is -2.43. The predicted octanol–water partition coefficient (Wildman–Crippen LogP) is 3.92. The smallest absolute Gasteiger partial charge is 0.306 e. The lowest BCUT2D eigenvalue weighted by molar-refractivity contribution is -0.316. The normalized spacial score (nSPS) is 39.8. The molecule has 2 fully saturated rings. The van der Waals surface area contributed by atoms with Crippen molar-refractivity contribution in [1.82, 2.24) is 0 Å². The van der Waals surface area contributed by atoms with Gasteiger partial charge >= 0.3 is 5.97 Å². The molecule has 3 rings (SSSR count). The number of esters is 1. The van der Waals surface area contributed by atoms with Gasteiger partial charge in [-0.25, -0.2) is 0 Å². The number of aliphatic hydroxyl groups excluding tert-OH is 4. The van der Waals surface area contributed by atoms with Crippen LogP contribution in [0.3, 0.4) is 0 Å². The average molecular weight is 653 g/mol. The van der Waals surface area contributed by atoms with Crippen molar-refractivity contribution in [2.24, 2.45) is 0 Å². The van der Waals surface area contributed by atoms with E-state index < -0.39 is 78.9 Å². The number of hydrogen-bond acceptors (Lipinski definition) is 10. The Morgan fingerprint density at radius 3 is 2.24 bits per heavy atom. The van der Waals surface area contributed by atoms with Crippen molar-refractivity contribution in [3.8, 4) is 0 Å². The SMILES string of the molecule is CC/C=C\C\C=C/C=C/C=C/C=C\[C@@H]1OC(=O)CCC(Cl)/C=C/C(O)C1O[C@H]1CC(O[C@H]2CC(O)[C@@H](O)C(C)O2)[C@@H](O)C(C)O1. The molecular weight excluding hydrogens is 604 g/mol. The van der Waals surface area contributed by atoms with Crippen LogP contribution in [0.25, 0.3) is 0 Å². The summed E-state index contributed by atoms with van der Waals surface area (Å²) in [6.45, 7) is 5.38. The van der Waals surface area contributed by atoms with Crippen molar-refractivity contribution in [2.45, 2.75) is 132 Å². The van der Waals surface area contributed by atoms with Crippen LogP contribution in [0.15, 0.2) is 72.9 Å². The van der Waals surface area contributed by atoms with Crippen molar-refractivity contribution in [1.29, 1.82) is 0 Å². The first-order valence-electron chi connectivity index (χ1n) is 15.8. The number of alkyl halides is 1. The molecule has 3 aliphatic rings. The van der Waals surface area contributed by atoms with Crippen LogP contribution in [0.5, 0.6) is 0 Å². The number of halogens is 1. The van der Waals surface area contributed by atoms with E-state index in [2.05, 4.69) is 19.1 Å². The molecule has 0 radical (unpaired) electrons. The molecule has 45 heavy (non-hydrogen) atoms. The van der Waals surface area contributed by atoms with Crippen LogP contribution >= 0.6 is 11.6 Å². The molecule has 0 amide bonds. The van der Waals surface area contributed by atoms with E-state index >= 15 is 0 Å². The minimum atomic E-state index is -1.22. The Morgan fingerprint density at radius 2 is 1.53 bits per heavy atom. The van der Waals surface area contributed by atoms with Gasteiger partial charge in [0.25, 0.3) is 0 Å². The van der Waals surface area contributed by atoms with Gasteiger partial charge in [0.2, 0.25) is 0 Å². The van der Waals surface area contributed by atoms with Crippen molar-refractivity contribution < 1.29 is 48.9 Å². The summed E-state index contributed by atoms with van der Waals surface area (Å²) >= 11 is 6.29. The number of allylic oxidation sites excluding steroid dienone is 10. The largest absolute Gasteiger partial charge is 0.455 e. The highest BCUT2D eigenvalue weighted by Crippen LogP contribution is 2.30. The molecule has 4 N–H and O–H groups in total. The van der Waals surface area contributed by atoms with E-state index in [4.69, 9.17) is 35.3 Å². The Kier molecular flexibility index (Phi) is 16.2. The fraction of sp³-hybridized carbons (Fsp3) is 0.618. The molecule has 3 heterocycles. The second kappa shape index (κ2) is 19.5. The van der Waals surface area contributed by atoms with Gasteiger partial charge in [0.15, 0.2) is 12.6 Å². The quantitative estimate of drug-likeness (QED) is 0.112. The molecule has 10 nitrogen and oxygen atoms in total. The molecule has 0 aromatic heterocycles. The first-order chi connectivity index (χ1) is 21.6. The van der Waals surface area contributed by atoms with Gasteiger partial charge in [-0.05, 0) is 39.2 Å². The molecule has 0 aliphatic carbocycles.